The maximum absolute atomic E-state index is 11.1. The summed E-state index contributed by atoms with van der Waals surface area (Å²) in [5.41, 5.74) is 0. The number of rotatable bonds is 27. The Morgan fingerprint density at radius 3 is 0.702 bits per heavy atom. The van der Waals surface area contributed by atoms with Crippen LogP contribution in [0.2, 0.25) is 0 Å². The molecule has 6 saturated heterocycles. The molecule has 0 amide bonds. The van der Waals surface area contributed by atoms with Gasteiger partial charge in [0.05, 0.1) is 59.5 Å². The van der Waals surface area contributed by atoms with E-state index in [1.54, 1.807) is 0 Å². The number of ether oxygens (including phenoxy) is 15. The van der Waals surface area contributed by atoms with Crippen LogP contribution in [0.1, 0.15) is 0 Å². The summed E-state index contributed by atoms with van der Waals surface area (Å²) < 4.78 is 83.8. The van der Waals surface area contributed by atoms with Crippen molar-refractivity contribution < 1.29 is 178 Å². The van der Waals surface area contributed by atoms with Crippen LogP contribution in [-0.2, 0) is 56.8 Å². The van der Waals surface area contributed by atoms with Gasteiger partial charge in [-0.3, -0.25) is 0 Å². The standard InChI is InChI=1S/C48H78O36/c49-10-19-37(28(58)34(64)46(79-19)82-40-22(13-52)76-43(67)31(61)25(40)55)73-4-1-70-16-7-17(71-2-5-74-38-20(11-50)80-47(35(65)29(38)59)83-41-23(14-53)77-44(68)32(62)26(41)56)9-18(8-16)72-3-6-75-39-21(12-51)81-48(36(66)30(39)60)84-42-24(15-54)78-45(69)33(63)27(42)57/h7-9,19-69H,1-6,10-15H2/t19-,20-,21-,22-,23-,24-,25-,26-,27-,28-,29-,30-,31-,32-,33-,34-,35-,36-,37-,38-,39-,40-,41-,42-,43-,44-,45-,46-,47-,48-/m1/s1. The van der Waals surface area contributed by atoms with Crippen LogP contribution in [0.5, 0.6) is 17.2 Å². The van der Waals surface area contributed by atoms with E-state index < -0.39 is 224 Å². The van der Waals surface area contributed by atoms with Crippen LogP contribution in [0.4, 0.5) is 0 Å². The Morgan fingerprint density at radius 1 is 0.262 bits per heavy atom. The quantitative estimate of drug-likeness (QED) is 0.0364. The van der Waals surface area contributed by atoms with Gasteiger partial charge in [0.15, 0.2) is 37.7 Å². The first-order valence-corrected chi connectivity index (χ1v) is 26.7. The van der Waals surface area contributed by atoms with E-state index in [2.05, 4.69) is 0 Å². The minimum atomic E-state index is -1.91. The van der Waals surface area contributed by atoms with Gasteiger partial charge in [-0.15, -0.1) is 0 Å². The summed E-state index contributed by atoms with van der Waals surface area (Å²) in [6, 6.07) is 4.11. The normalized spacial score (nSPS) is 44.8. The van der Waals surface area contributed by atoms with Crippen molar-refractivity contribution in [1.29, 1.82) is 0 Å². The third-order valence-electron chi connectivity index (χ3n) is 14.7. The molecule has 6 fully saturated rings. The third-order valence-corrected chi connectivity index (χ3v) is 14.7. The van der Waals surface area contributed by atoms with E-state index in [0.717, 1.165) is 0 Å². The molecule has 1 aromatic carbocycles. The first-order chi connectivity index (χ1) is 40.1. The van der Waals surface area contributed by atoms with Crippen molar-refractivity contribution in [3.05, 3.63) is 18.2 Å². The Kier molecular flexibility index (Phi) is 25.9. The van der Waals surface area contributed by atoms with E-state index in [9.17, 15) is 107 Å². The monoisotopic (exact) mass is 1230 g/mol. The second-order valence-electron chi connectivity index (χ2n) is 20.3. The zero-order valence-corrected chi connectivity index (χ0v) is 44.6. The molecule has 6 aliphatic heterocycles. The Bertz CT molecular complexity index is 1840. The van der Waals surface area contributed by atoms with Crippen molar-refractivity contribution in [3.8, 4) is 17.2 Å². The predicted molar refractivity (Wildman–Crippen MR) is 260 cm³/mol. The molecule has 0 unspecified atom stereocenters. The highest BCUT2D eigenvalue weighted by Crippen LogP contribution is 2.35. The lowest BCUT2D eigenvalue weighted by molar-refractivity contribution is -0.357. The van der Waals surface area contributed by atoms with Gasteiger partial charge in [-0.25, -0.2) is 0 Å². The van der Waals surface area contributed by atoms with Crippen LogP contribution in [0, 0.1) is 0 Å². The zero-order chi connectivity index (χ0) is 61.3. The molecule has 0 spiro atoms. The molecule has 1 aromatic rings. The van der Waals surface area contributed by atoms with Crippen LogP contribution in [-0.4, -0.2) is 371 Å². The largest absolute Gasteiger partial charge is 0.491 e. The number of benzene rings is 1. The highest BCUT2D eigenvalue weighted by Gasteiger charge is 2.54. The van der Waals surface area contributed by atoms with Gasteiger partial charge in [0.2, 0.25) is 0 Å². The zero-order valence-electron chi connectivity index (χ0n) is 44.6. The van der Waals surface area contributed by atoms with E-state index in [0.29, 0.717) is 0 Å². The van der Waals surface area contributed by atoms with Crippen LogP contribution in [0.15, 0.2) is 18.2 Å². The average molecular weight is 1230 g/mol. The summed E-state index contributed by atoms with van der Waals surface area (Å²) in [4.78, 5) is 0. The molecular formula is C48H78O36. The van der Waals surface area contributed by atoms with Crippen molar-refractivity contribution in [2.24, 2.45) is 0 Å². The molecule has 0 bridgehead atoms. The minimum absolute atomic E-state index is 0.0358. The van der Waals surface area contributed by atoms with Gasteiger partial charge in [0.1, 0.15) is 184 Å². The average Bonchev–Trinajstić information content (AvgIpc) is 2.72. The summed E-state index contributed by atoms with van der Waals surface area (Å²) in [7, 11) is 0. The van der Waals surface area contributed by atoms with Gasteiger partial charge in [0.25, 0.3) is 0 Å². The molecule has 7 rings (SSSR count). The Balaban J connectivity index is 0.969. The van der Waals surface area contributed by atoms with Crippen LogP contribution < -0.4 is 14.2 Å². The van der Waals surface area contributed by atoms with Crippen LogP contribution in [0.25, 0.3) is 0 Å². The Labute approximate surface area is 476 Å². The number of hydrogen-bond acceptors (Lipinski definition) is 36. The van der Waals surface area contributed by atoms with Gasteiger partial charge >= 0.3 is 0 Å². The highest BCUT2D eigenvalue weighted by atomic mass is 16.8. The molecule has 30 atom stereocenters. The minimum Gasteiger partial charge on any atom is -0.491 e. The molecule has 0 aliphatic carbocycles. The summed E-state index contributed by atoms with van der Waals surface area (Å²) in [5.74, 6) is 0.108. The maximum Gasteiger partial charge on any atom is 0.187 e. The Morgan fingerprint density at radius 2 is 0.476 bits per heavy atom. The number of aliphatic hydroxyl groups excluding tert-OH is 21. The van der Waals surface area contributed by atoms with E-state index in [1.807, 2.05) is 0 Å². The Hall–Kier alpha value is -2.70. The first kappa shape index (κ1) is 68.8. The molecule has 84 heavy (non-hydrogen) atoms. The molecule has 21 N–H and O–H groups in total. The van der Waals surface area contributed by atoms with Gasteiger partial charge in [0, 0.05) is 18.2 Å². The van der Waals surface area contributed by atoms with E-state index in [4.69, 9.17) is 71.1 Å². The van der Waals surface area contributed by atoms with Gasteiger partial charge in [-0.1, -0.05) is 0 Å². The molecule has 0 aromatic heterocycles. The molecule has 6 heterocycles. The lowest BCUT2D eigenvalue weighted by Crippen LogP contribution is -2.64. The number of hydrogen-bond donors (Lipinski definition) is 21. The summed E-state index contributed by atoms with van der Waals surface area (Å²) in [6.45, 7) is -6.86. The second kappa shape index (κ2) is 31.7. The summed E-state index contributed by atoms with van der Waals surface area (Å²) >= 11 is 0. The van der Waals surface area contributed by atoms with Crippen molar-refractivity contribution in [3.63, 3.8) is 0 Å². The maximum atomic E-state index is 11.1. The van der Waals surface area contributed by atoms with Crippen LogP contribution >= 0.6 is 0 Å². The number of aliphatic hydroxyl groups is 21. The predicted octanol–water partition coefficient (Wildman–Crippen LogP) is -13.3. The lowest BCUT2D eigenvalue weighted by Gasteiger charge is -2.46. The summed E-state index contributed by atoms with van der Waals surface area (Å²) in [5, 5.41) is 217. The third kappa shape index (κ3) is 16.0. The molecule has 36 nitrogen and oxygen atoms in total. The smallest absolute Gasteiger partial charge is 0.187 e. The van der Waals surface area contributed by atoms with E-state index in [1.165, 1.54) is 18.2 Å². The molecule has 0 radical (unpaired) electrons. The fourth-order valence-corrected chi connectivity index (χ4v) is 10.1. The molecule has 0 saturated carbocycles. The molecule has 36 heteroatoms. The van der Waals surface area contributed by atoms with E-state index >= 15 is 0 Å². The molecule has 486 valence electrons. The highest BCUT2D eigenvalue weighted by molar-refractivity contribution is 5.42. The van der Waals surface area contributed by atoms with Gasteiger partial charge in [-0.05, 0) is 0 Å². The van der Waals surface area contributed by atoms with Crippen molar-refractivity contribution in [2.75, 3.05) is 79.3 Å². The van der Waals surface area contributed by atoms with Crippen molar-refractivity contribution in [2.45, 2.75) is 184 Å². The van der Waals surface area contributed by atoms with E-state index in [-0.39, 0.29) is 56.9 Å². The second-order valence-corrected chi connectivity index (χ2v) is 20.3. The summed E-state index contributed by atoms with van der Waals surface area (Å²) in [6.07, 6.45) is -50.9. The van der Waals surface area contributed by atoms with Gasteiger partial charge in [-0.2, -0.15) is 0 Å². The SMILES string of the molecule is OC[C@H]1O[C@@H](O)[C@H](O)[C@@H](O)[C@@H]1O[C@H]1O[C@H](CO)[C@@H](OCCOc2cc(OCCO[C@H]3[C@H](O)[C@@H](O)[C@@H](O[C@H]4[C@H](O)[C@@H](O)[C@H](O)O[C@@H]4CO)O[C@@H]3CO)cc(OCCO[C@H]3[C@H](O)[C@@H](O)[C@@H](O[C@H]4[C@H](O)[C@@H](O)[C@H](O)O[C@@H]4CO)O[C@@H]3CO)c2)[C@H](O)[C@H]1O. The fraction of sp³-hybridized carbons (Fsp3) is 0.875. The van der Waals surface area contributed by atoms with Gasteiger partial charge < -0.3 is 178 Å². The molecular weight excluding hydrogens is 1150 g/mol. The topological polar surface area (TPSA) is 563 Å². The fourth-order valence-electron chi connectivity index (χ4n) is 10.1. The van der Waals surface area contributed by atoms with Crippen molar-refractivity contribution >= 4 is 0 Å². The molecule has 6 aliphatic rings. The lowest BCUT2D eigenvalue weighted by atomic mass is 9.97. The van der Waals surface area contributed by atoms with Crippen molar-refractivity contribution in [1.82, 2.24) is 0 Å². The first-order valence-electron chi connectivity index (χ1n) is 26.7. The van der Waals surface area contributed by atoms with Crippen LogP contribution in [0.3, 0.4) is 0 Å².